The molecule has 2 aromatic heterocycles. The topological polar surface area (TPSA) is 38.6 Å². The van der Waals surface area contributed by atoms with Crippen LogP contribution in [0.1, 0.15) is 19.3 Å². The molecule has 0 bridgehead atoms. The molecule has 2 aromatic rings. The summed E-state index contributed by atoms with van der Waals surface area (Å²) in [5.41, 5.74) is 0.981. The maximum atomic E-state index is 5.02. The number of nitrogens with zero attached hydrogens (tertiary/aromatic N) is 2. The summed E-state index contributed by atoms with van der Waals surface area (Å²) in [5.74, 6) is 1.10. The molecule has 0 aliphatic rings. The van der Waals surface area contributed by atoms with E-state index in [0.717, 1.165) is 37.5 Å². The van der Waals surface area contributed by atoms with Gasteiger partial charge in [0.05, 0.1) is 0 Å². The minimum atomic E-state index is 0.858. The summed E-state index contributed by atoms with van der Waals surface area (Å²) in [6, 6.07) is 6.10. The van der Waals surface area contributed by atoms with E-state index >= 15 is 0 Å². The third-order valence-corrected chi connectivity index (χ3v) is 2.76. The zero-order chi connectivity index (χ0) is 11.9. The minimum Gasteiger partial charge on any atom is -0.385 e. The monoisotopic (exact) mass is 233 g/mol. The van der Waals surface area contributed by atoms with Gasteiger partial charge in [-0.15, -0.1) is 0 Å². The molecule has 17 heavy (non-hydrogen) atoms. The fourth-order valence-electron chi connectivity index (χ4n) is 1.86. The summed E-state index contributed by atoms with van der Waals surface area (Å²) >= 11 is 0. The molecule has 0 saturated carbocycles. The van der Waals surface area contributed by atoms with Crippen LogP contribution < -0.4 is 5.32 Å². The molecule has 0 radical (unpaired) electrons. The first kappa shape index (κ1) is 11.9. The molecule has 0 amide bonds. The Balaban J connectivity index is 1.80. The van der Waals surface area contributed by atoms with Crippen LogP contribution in [0.4, 0.5) is 5.82 Å². The average molecular weight is 233 g/mol. The lowest BCUT2D eigenvalue weighted by Crippen LogP contribution is -2.05. The molecule has 4 heteroatoms. The van der Waals surface area contributed by atoms with Gasteiger partial charge in [-0.1, -0.05) is 6.07 Å². The third kappa shape index (κ3) is 3.20. The molecule has 0 saturated heterocycles. The van der Waals surface area contributed by atoms with Crippen molar-refractivity contribution in [2.24, 2.45) is 0 Å². The van der Waals surface area contributed by atoms with E-state index in [4.69, 9.17) is 4.74 Å². The lowest BCUT2D eigenvalue weighted by Gasteiger charge is -2.08. The first-order valence-electron chi connectivity index (χ1n) is 6.07. The van der Waals surface area contributed by atoms with E-state index in [9.17, 15) is 0 Å². The van der Waals surface area contributed by atoms with Gasteiger partial charge in [-0.2, -0.15) is 0 Å². The summed E-state index contributed by atoms with van der Waals surface area (Å²) in [4.78, 5) is 4.25. The highest BCUT2D eigenvalue weighted by Gasteiger charge is 1.98. The molecule has 0 aromatic carbocycles. The quantitative estimate of drug-likeness (QED) is 0.747. The van der Waals surface area contributed by atoms with E-state index in [2.05, 4.69) is 20.8 Å². The van der Waals surface area contributed by atoms with Crippen molar-refractivity contribution in [1.29, 1.82) is 0 Å². The first-order chi connectivity index (χ1) is 8.42. The van der Waals surface area contributed by atoms with Gasteiger partial charge in [-0.25, -0.2) is 4.98 Å². The second-order valence-electron chi connectivity index (χ2n) is 4.05. The minimum absolute atomic E-state index is 0.858. The Bertz CT molecular complexity index is 453. The van der Waals surface area contributed by atoms with E-state index in [1.165, 1.54) is 6.42 Å². The molecule has 2 heterocycles. The molecular formula is C13H19N3O. The van der Waals surface area contributed by atoms with Crippen molar-refractivity contribution in [2.75, 3.05) is 25.6 Å². The van der Waals surface area contributed by atoms with Crippen molar-refractivity contribution in [1.82, 2.24) is 9.38 Å². The van der Waals surface area contributed by atoms with Gasteiger partial charge in [0.1, 0.15) is 11.5 Å². The van der Waals surface area contributed by atoms with Crippen molar-refractivity contribution in [3.63, 3.8) is 0 Å². The number of ether oxygens (including phenoxy) is 1. The number of anilines is 1. The number of nitrogens with one attached hydrogen (secondary N) is 1. The van der Waals surface area contributed by atoms with E-state index in [0.29, 0.717) is 0 Å². The van der Waals surface area contributed by atoms with E-state index in [1.807, 2.05) is 24.5 Å². The zero-order valence-electron chi connectivity index (χ0n) is 10.2. The normalized spacial score (nSPS) is 10.9. The van der Waals surface area contributed by atoms with Gasteiger partial charge in [0.2, 0.25) is 0 Å². The summed E-state index contributed by atoms with van der Waals surface area (Å²) in [7, 11) is 1.75. The lowest BCUT2D eigenvalue weighted by atomic mass is 10.2. The molecule has 92 valence electrons. The maximum absolute atomic E-state index is 5.02. The molecule has 0 fully saturated rings. The SMILES string of the molecule is COCCCCCNc1cccc2nccn12. The first-order valence-corrected chi connectivity index (χ1v) is 6.07. The van der Waals surface area contributed by atoms with Crippen molar-refractivity contribution >= 4 is 11.5 Å². The second kappa shape index (κ2) is 6.25. The molecule has 0 atom stereocenters. The van der Waals surface area contributed by atoms with Gasteiger partial charge in [0.25, 0.3) is 0 Å². The second-order valence-corrected chi connectivity index (χ2v) is 4.05. The average Bonchev–Trinajstić information content (AvgIpc) is 2.82. The number of hydrogen-bond donors (Lipinski definition) is 1. The Labute approximate surface area is 102 Å². The highest BCUT2D eigenvalue weighted by atomic mass is 16.5. The summed E-state index contributed by atoms with van der Waals surface area (Å²) in [6.45, 7) is 1.85. The van der Waals surface area contributed by atoms with Crippen LogP contribution >= 0.6 is 0 Å². The fourth-order valence-corrected chi connectivity index (χ4v) is 1.86. The largest absolute Gasteiger partial charge is 0.385 e. The number of pyridine rings is 1. The smallest absolute Gasteiger partial charge is 0.138 e. The standard InChI is InChI=1S/C13H19N3O/c1-17-11-4-2-3-8-14-12-6-5-7-13-15-9-10-16(12)13/h5-7,9-10,14H,2-4,8,11H2,1H3. The number of methoxy groups -OCH3 is 1. The van der Waals surface area contributed by atoms with Crippen molar-refractivity contribution in [2.45, 2.75) is 19.3 Å². The Morgan fingerprint density at radius 1 is 1.29 bits per heavy atom. The van der Waals surface area contributed by atoms with Crippen LogP contribution in [0.25, 0.3) is 5.65 Å². The van der Waals surface area contributed by atoms with Crippen LogP contribution in [0.3, 0.4) is 0 Å². The Morgan fingerprint density at radius 2 is 2.24 bits per heavy atom. The Kier molecular flexibility index (Phi) is 4.38. The van der Waals surface area contributed by atoms with E-state index < -0.39 is 0 Å². The lowest BCUT2D eigenvalue weighted by molar-refractivity contribution is 0.192. The summed E-state index contributed by atoms with van der Waals surface area (Å²) in [6.07, 6.45) is 7.28. The van der Waals surface area contributed by atoms with E-state index in [1.54, 1.807) is 7.11 Å². The predicted molar refractivity (Wildman–Crippen MR) is 69.4 cm³/mol. The molecule has 0 aliphatic heterocycles. The van der Waals surface area contributed by atoms with Crippen molar-refractivity contribution in [3.05, 3.63) is 30.6 Å². The van der Waals surface area contributed by atoms with Gasteiger partial charge >= 0.3 is 0 Å². The van der Waals surface area contributed by atoms with E-state index in [-0.39, 0.29) is 0 Å². The molecule has 0 spiro atoms. The summed E-state index contributed by atoms with van der Waals surface area (Å²) < 4.78 is 7.09. The molecule has 1 N–H and O–H groups in total. The predicted octanol–water partition coefficient (Wildman–Crippen LogP) is 2.56. The Morgan fingerprint density at radius 3 is 3.12 bits per heavy atom. The number of rotatable bonds is 7. The van der Waals surface area contributed by atoms with Crippen molar-refractivity contribution in [3.8, 4) is 0 Å². The number of unbranched alkanes of at least 4 members (excludes halogenated alkanes) is 2. The number of hydrogen-bond acceptors (Lipinski definition) is 3. The maximum Gasteiger partial charge on any atom is 0.138 e. The molecule has 4 nitrogen and oxygen atoms in total. The van der Waals surface area contributed by atoms with Crippen molar-refractivity contribution < 1.29 is 4.74 Å². The number of fused-ring (bicyclic) bond motifs is 1. The number of aromatic nitrogens is 2. The summed E-state index contributed by atoms with van der Waals surface area (Å²) in [5, 5.41) is 3.43. The van der Waals surface area contributed by atoms with Crippen LogP contribution in [0.15, 0.2) is 30.6 Å². The van der Waals surface area contributed by atoms with Crippen LogP contribution in [0.5, 0.6) is 0 Å². The van der Waals surface area contributed by atoms with Gasteiger partial charge < -0.3 is 10.1 Å². The van der Waals surface area contributed by atoms with Gasteiger partial charge in [-0.3, -0.25) is 4.40 Å². The van der Waals surface area contributed by atoms with Gasteiger partial charge in [-0.05, 0) is 31.4 Å². The van der Waals surface area contributed by atoms with Crippen LogP contribution in [-0.2, 0) is 4.74 Å². The van der Waals surface area contributed by atoms with Crippen LogP contribution in [-0.4, -0.2) is 29.6 Å². The highest BCUT2D eigenvalue weighted by molar-refractivity contribution is 5.49. The van der Waals surface area contributed by atoms with Crippen LogP contribution in [0, 0.1) is 0 Å². The number of imidazole rings is 1. The fraction of sp³-hybridized carbons (Fsp3) is 0.462. The highest BCUT2D eigenvalue weighted by Crippen LogP contribution is 2.11. The van der Waals surface area contributed by atoms with Gasteiger partial charge in [0, 0.05) is 32.7 Å². The van der Waals surface area contributed by atoms with Gasteiger partial charge in [0.15, 0.2) is 0 Å². The third-order valence-electron chi connectivity index (χ3n) is 2.76. The molecular weight excluding hydrogens is 214 g/mol. The molecule has 0 aliphatic carbocycles. The molecule has 0 unspecified atom stereocenters. The zero-order valence-corrected chi connectivity index (χ0v) is 10.2. The molecule has 2 rings (SSSR count). The Hall–Kier alpha value is -1.55. The van der Waals surface area contributed by atoms with Crippen LogP contribution in [0.2, 0.25) is 0 Å².